The Hall–Kier alpha value is -2.44. The number of amides is 2. The topological polar surface area (TPSA) is 70.7 Å². The van der Waals surface area contributed by atoms with Gasteiger partial charge in [0.1, 0.15) is 0 Å². The first-order chi connectivity index (χ1) is 14.1. The molecule has 2 heterocycles. The number of benzene rings is 2. The molecular formula is C23H29N3O3. The number of hydrogen-bond donors (Lipinski definition) is 2. The normalized spacial score (nSPS) is 21.5. The van der Waals surface area contributed by atoms with Gasteiger partial charge in [-0.25, -0.2) is 0 Å². The Balaban J connectivity index is 1.44. The van der Waals surface area contributed by atoms with Crippen LogP contribution in [-0.2, 0) is 14.3 Å². The van der Waals surface area contributed by atoms with Crippen LogP contribution < -0.4 is 15.5 Å². The average molecular weight is 396 g/mol. The Kier molecular flexibility index (Phi) is 5.83. The van der Waals surface area contributed by atoms with E-state index in [9.17, 15) is 9.59 Å². The number of nitrogens with one attached hydrogen (secondary N) is 2. The van der Waals surface area contributed by atoms with E-state index in [2.05, 4.69) is 10.6 Å². The molecule has 2 aliphatic heterocycles. The van der Waals surface area contributed by atoms with Crippen LogP contribution in [0, 0.1) is 11.3 Å². The number of anilines is 1. The molecule has 2 aromatic carbocycles. The minimum Gasteiger partial charge on any atom is -0.384 e. The van der Waals surface area contributed by atoms with Crippen molar-refractivity contribution in [3.05, 3.63) is 42.5 Å². The van der Waals surface area contributed by atoms with Crippen LogP contribution in [0.2, 0.25) is 0 Å². The van der Waals surface area contributed by atoms with Gasteiger partial charge in [0.15, 0.2) is 0 Å². The van der Waals surface area contributed by atoms with Gasteiger partial charge in [-0.05, 0) is 37.4 Å². The van der Waals surface area contributed by atoms with Gasteiger partial charge in [0, 0.05) is 37.4 Å². The quantitative estimate of drug-likeness (QED) is 0.788. The zero-order valence-electron chi connectivity index (χ0n) is 16.9. The van der Waals surface area contributed by atoms with Crippen LogP contribution in [0.1, 0.15) is 19.3 Å². The second-order valence-corrected chi connectivity index (χ2v) is 8.30. The third kappa shape index (κ3) is 4.14. The number of fused-ring (bicyclic) bond motifs is 1. The van der Waals surface area contributed by atoms with E-state index >= 15 is 0 Å². The second kappa shape index (κ2) is 8.51. The number of nitrogens with zero attached hydrogens (tertiary/aromatic N) is 1. The third-order valence-electron chi connectivity index (χ3n) is 6.31. The SMILES string of the molecule is COCC1(CNC(=O)C2CC(=O)N(c3cccc4ccccc34)C2)CCNCC1. The highest BCUT2D eigenvalue weighted by Gasteiger charge is 2.38. The van der Waals surface area contributed by atoms with E-state index in [1.165, 1.54) is 0 Å². The molecule has 4 rings (SSSR count). The van der Waals surface area contributed by atoms with Crippen LogP contribution in [0.3, 0.4) is 0 Å². The highest BCUT2D eigenvalue weighted by molar-refractivity contribution is 6.06. The van der Waals surface area contributed by atoms with Crippen molar-refractivity contribution in [1.82, 2.24) is 10.6 Å². The Bertz CT molecular complexity index is 881. The Morgan fingerprint density at radius 2 is 1.97 bits per heavy atom. The van der Waals surface area contributed by atoms with Crippen LogP contribution in [0.25, 0.3) is 10.8 Å². The number of methoxy groups -OCH3 is 1. The van der Waals surface area contributed by atoms with E-state index in [1.54, 1.807) is 12.0 Å². The van der Waals surface area contributed by atoms with E-state index in [-0.39, 0.29) is 29.6 Å². The molecule has 2 aliphatic rings. The summed E-state index contributed by atoms with van der Waals surface area (Å²) >= 11 is 0. The first kappa shape index (κ1) is 19.9. The number of ether oxygens (including phenoxy) is 1. The Morgan fingerprint density at radius 3 is 2.76 bits per heavy atom. The maximum absolute atomic E-state index is 12.9. The summed E-state index contributed by atoms with van der Waals surface area (Å²) in [5, 5.41) is 8.62. The van der Waals surface area contributed by atoms with Crippen molar-refractivity contribution in [1.29, 1.82) is 0 Å². The summed E-state index contributed by atoms with van der Waals surface area (Å²) in [5.74, 6) is -0.340. The lowest BCUT2D eigenvalue weighted by atomic mass is 9.79. The predicted octanol–water partition coefficient (Wildman–Crippen LogP) is 2.33. The molecule has 2 fully saturated rings. The van der Waals surface area contributed by atoms with E-state index in [4.69, 9.17) is 4.74 Å². The van der Waals surface area contributed by atoms with Gasteiger partial charge in [0.05, 0.1) is 18.2 Å². The van der Waals surface area contributed by atoms with Gasteiger partial charge < -0.3 is 20.3 Å². The van der Waals surface area contributed by atoms with Gasteiger partial charge in [0.2, 0.25) is 11.8 Å². The largest absolute Gasteiger partial charge is 0.384 e. The first-order valence-corrected chi connectivity index (χ1v) is 10.4. The summed E-state index contributed by atoms with van der Waals surface area (Å²) in [6.45, 7) is 3.55. The van der Waals surface area contributed by atoms with Gasteiger partial charge in [-0.1, -0.05) is 36.4 Å². The molecule has 0 radical (unpaired) electrons. The molecule has 29 heavy (non-hydrogen) atoms. The highest BCUT2D eigenvalue weighted by Crippen LogP contribution is 2.32. The van der Waals surface area contributed by atoms with E-state index in [0.29, 0.717) is 19.7 Å². The molecule has 0 saturated carbocycles. The molecule has 0 aliphatic carbocycles. The number of carbonyl (C=O) groups excluding carboxylic acids is 2. The number of piperidine rings is 1. The van der Waals surface area contributed by atoms with Crippen molar-refractivity contribution in [3.8, 4) is 0 Å². The van der Waals surface area contributed by atoms with E-state index < -0.39 is 0 Å². The molecule has 0 aromatic heterocycles. The zero-order chi connectivity index (χ0) is 20.3. The first-order valence-electron chi connectivity index (χ1n) is 10.4. The smallest absolute Gasteiger partial charge is 0.227 e. The van der Waals surface area contributed by atoms with Crippen molar-refractivity contribution in [2.24, 2.45) is 11.3 Å². The van der Waals surface area contributed by atoms with E-state index in [1.807, 2.05) is 42.5 Å². The van der Waals surface area contributed by atoms with Crippen LogP contribution in [0.15, 0.2) is 42.5 Å². The van der Waals surface area contributed by atoms with Crippen molar-refractivity contribution in [2.75, 3.05) is 44.8 Å². The van der Waals surface area contributed by atoms with Crippen LogP contribution in [-0.4, -0.2) is 51.7 Å². The molecule has 0 bridgehead atoms. The lowest BCUT2D eigenvalue weighted by Gasteiger charge is -2.37. The molecule has 2 N–H and O–H groups in total. The van der Waals surface area contributed by atoms with Gasteiger partial charge in [-0.15, -0.1) is 0 Å². The van der Waals surface area contributed by atoms with Crippen LogP contribution in [0.4, 0.5) is 5.69 Å². The maximum atomic E-state index is 12.9. The minimum atomic E-state index is -0.317. The highest BCUT2D eigenvalue weighted by atomic mass is 16.5. The fourth-order valence-corrected chi connectivity index (χ4v) is 4.61. The molecular weight excluding hydrogens is 366 g/mol. The minimum absolute atomic E-state index is 0.00924. The fraction of sp³-hybridized carbons (Fsp3) is 0.478. The van der Waals surface area contributed by atoms with Crippen molar-refractivity contribution in [3.63, 3.8) is 0 Å². The van der Waals surface area contributed by atoms with Gasteiger partial charge in [0.25, 0.3) is 0 Å². The Morgan fingerprint density at radius 1 is 1.21 bits per heavy atom. The molecule has 6 heteroatoms. The van der Waals surface area contributed by atoms with Crippen LogP contribution in [0.5, 0.6) is 0 Å². The number of rotatable bonds is 6. The standard InChI is InChI=1S/C23H29N3O3/c1-29-16-23(9-11-24-12-10-23)15-25-22(28)18-13-21(27)26(14-18)20-8-4-6-17-5-2-3-7-19(17)20/h2-8,18,24H,9-16H2,1H3,(H,25,28). The summed E-state index contributed by atoms with van der Waals surface area (Å²) in [6, 6.07) is 14.0. The third-order valence-corrected chi connectivity index (χ3v) is 6.31. The number of carbonyl (C=O) groups is 2. The van der Waals surface area contributed by atoms with Gasteiger partial charge in [-0.3, -0.25) is 9.59 Å². The van der Waals surface area contributed by atoms with Crippen molar-refractivity contribution >= 4 is 28.3 Å². The summed E-state index contributed by atoms with van der Waals surface area (Å²) in [6.07, 6.45) is 2.22. The lowest BCUT2D eigenvalue weighted by molar-refractivity contribution is -0.127. The average Bonchev–Trinajstić information content (AvgIpc) is 3.14. The van der Waals surface area contributed by atoms with Crippen molar-refractivity contribution in [2.45, 2.75) is 19.3 Å². The molecule has 154 valence electrons. The molecule has 6 nitrogen and oxygen atoms in total. The number of hydrogen-bond acceptors (Lipinski definition) is 4. The molecule has 2 saturated heterocycles. The fourth-order valence-electron chi connectivity index (χ4n) is 4.61. The van der Waals surface area contributed by atoms with Gasteiger partial charge in [-0.2, -0.15) is 0 Å². The monoisotopic (exact) mass is 395 g/mol. The molecule has 1 atom stereocenters. The summed E-state index contributed by atoms with van der Waals surface area (Å²) in [4.78, 5) is 27.4. The zero-order valence-corrected chi connectivity index (χ0v) is 16.9. The predicted molar refractivity (Wildman–Crippen MR) is 114 cm³/mol. The maximum Gasteiger partial charge on any atom is 0.227 e. The molecule has 2 amide bonds. The lowest BCUT2D eigenvalue weighted by Crippen LogP contribution is -2.48. The molecule has 1 unspecified atom stereocenters. The summed E-state index contributed by atoms with van der Waals surface area (Å²) < 4.78 is 5.43. The van der Waals surface area contributed by atoms with Crippen LogP contribution >= 0.6 is 0 Å². The summed E-state index contributed by atoms with van der Waals surface area (Å²) in [5.41, 5.74) is 0.866. The second-order valence-electron chi connectivity index (χ2n) is 8.30. The van der Waals surface area contributed by atoms with Gasteiger partial charge >= 0.3 is 0 Å². The Labute approximate surface area is 171 Å². The van der Waals surface area contributed by atoms with E-state index in [0.717, 1.165) is 42.4 Å². The van der Waals surface area contributed by atoms with Crippen molar-refractivity contribution < 1.29 is 14.3 Å². The summed E-state index contributed by atoms with van der Waals surface area (Å²) in [7, 11) is 1.71. The molecule has 2 aromatic rings. The molecule has 0 spiro atoms.